The zero-order valence-corrected chi connectivity index (χ0v) is 24.7. The number of aryl methyl sites for hydroxylation is 1. The molecule has 204 valence electrons. The molecule has 2 rings (SSSR count). The average Bonchev–Trinajstić information content (AvgIpc) is 2.83. The highest BCUT2D eigenvalue weighted by atomic mass is 35.5. The summed E-state index contributed by atoms with van der Waals surface area (Å²) >= 11 is 12.2. The van der Waals surface area contributed by atoms with Crippen LogP contribution in [-0.2, 0) is 26.2 Å². The third-order valence-electron chi connectivity index (χ3n) is 6.50. The van der Waals surface area contributed by atoms with Crippen LogP contribution in [0.15, 0.2) is 36.4 Å². The van der Waals surface area contributed by atoms with E-state index in [0.29, 0.717) is 15.7 Å². The molecule has 10 heteroatoms. The summed E-state index contributed by atoms with van der Waals surface area (Å²) in [5.41, 5.74) is 3.19. The van der Waals surface area contributed by atoms with Gasteiger partial charge in [-0.2, -0.15) is 0 Å². The van der Waals surface area contributed by atoms with Crippen LogP contribution in [0.3, 0.4) is 0 Å². The van der Waals surface area contributed by atoms with E-state index in [4.69, 9.17) is 23.2 Å². The van der Waals surface area contributed by atoms with Gasteiger partial charge in [-0.25, -0.2) is 8.42 Å². The number of sulfonamides is 1. The number of rotatable bonds is 12. The summed E-state index contributed by atoms with van der Waals surface area (Å²) in [5.74, 6) is -0.511. The first kappa shape index (κ1) is 30.9. The minimum Gasteiger partial charge on any atom is -0.352 e. The summed E-state index contributed by atoms with van der Waals surface area (Å²) in [6.07, 6.45) is 2.28. The molecule has 0 heterocycles. The number of benzene rings is 2. The molecule has 2 aromatic carbocycles. The molecule has 0 bridgehead atoms. The normalized spacial score (nSPS) is 13.1. The van der Waals surface area contributed by atoms with Gasteiger partial charge in [0.2, 0.25) is 21.8 Å². The molecule has 0 saturated heterocycles. The first-order chi connectivity index (χ1) is 17.3. The highest BCUT2D eigenvalue weighted by Gasteiger charge is 2.27. The lowest BCUT2D eigenvalue weighted by atomic mass is 10.1. The first-order valence-corrected chi connectivity index (χ1v) is 14.9. The Morgan fingerprint density at radius 1 is 1.05 bits per heavy atom. The average molecular weight is 571 g/mol. The van der Waals surface area contributed by atoms with Gasteiger partial charge in [-0.3, -0.25) is 13.9 Å². The summed E-state index contributed by atoms with van der Waals surface area (Å²) in [4.78, 5) is 27.8. The topological polar surface area (TPSA) is 86.8 Å². The second kappa shape index (κ2) is 13.5. The van der Waals surface area contributed by atoms with Crippen molar-refractivity contribution in [2.45, 2.75) is 72.5 Å². The standard InChI is InChI=1S/C27H37Cl2N3O4S/c1-7-19(3)30-27(34)21(5)31(17-22-13-14-23(28)24(29)16-22)26(33)12-9-15-32(37(6,35)36)25-11-8-10-18(2)20(25)4/h8,10-11,13-14,16,19,21H,7,9,12,15,17H2,1-6H3,(H,30,34)/t19-,21-/m1/s1. The monoisotopic (exact) mass is 569 g/mol. The molecule has 0 aliphatic carbocycles. The van der Waals surface area contributed by atoms with Crippen LogP contribution in [0.2, 0.25) is 10.0 Å². The van der Waals surface area contributed by atoms with Crippen LogP contribution in [0.1, 0.15) is 56.7 Å². The second-order valence-corrected chi connectivity index (χ2v) is 12.1. The van der Waals surface area contributed by atoms with Crippen LogP contribution >= 0.6 is 23.2 Å². The Hall–Kier alpha value is -2.29. The molecule has 2 amide bonds. The minimum atomic E-state index is -3.56. The SMILES string of the molecule is CC[C@@H](C)NC(=O)[C@@H](C)N(Cc1ccc(Cl)c(Cl)c1)C(=O)CCCN(c1cccc(C)c1C)S(C)(=O)=O. The molecule has 1 N–H and O–H groups in total. The summed E-state index contributed by atoms with van der Waals surface area (Å²) in [6, 6.07) is 9.84. The predicted octanol–water partition coefficient (Wildman–Crippen LogP) is 5.49. The molecule has 0 saturated carbocycles. The molecular weight excluding hydrogens is 533 g/mol. The van der Waals surface area contributed by atoms with E-state index in [1.807, 2.05) is 39.8 Å². The van der Waals surface area contributed by atoms with Crippen molar-refractivity contribution in [3.63, 3.8) is 0 Å². The number of amides is 2. The molecule has 0 aliphatic rings. The summed E-state index contributed by atoms with van der Waals surface area (Å²) in [5, 5.41) is 3.69. The Labute approximate surface area is 231 Å². The fraction of sp³-hybridized carbons (Fsp3) is 0.481. The van der Waals surface area contributed by atoms with Crippen molar-refractivity contribution in [1.29, 1.82) is 0 Å². The third kappa shape index (κ3) is 8.62. The number of halogens is 2. The number of nitrogens with zero attached hydrogens (tertiary/aromatic N) is 2. The molecular formula is C27H37Cl2N3O4S. The van der Waals surface area contributed by atoms with Crippen LogP contribution in [0.5, 0.6) is 0 Å². The van der Waals surface area contributed by atoms with E-state index in [-0.39, 0.29) is 43.8 Å². The highest BCUT2D eigenvalue weighted by molar-refractivity contribution is 7.92. The van der Waals surface area contributed by atoms with Crippen molar-refractivity contribution >= 4 is 50.7 Å². The van der Waals surface area contributed by atoms with E-state index in [1.54, 1.807) is 31.2 Å². The summed E-state index contributed by atoms with van der Waals surface area (Å²) in [6.45, 7) is 9.67. The van der Waals surface area contributed by atoms with Crippen molar-refractivity contribution < 1.29 is 18.0 Å². The lowest BCUT2D eigenvalue weighted by Crippen LogP contribution is -2.49. The van der Waals surface area contributed by atoms with Gasteiger partial charge in [-0.05, 0) is 75.4 Å². The van der Waals surface area contributed by atoms with E-state index in [0.717, 1.165) is 29.4 Å². The fourth-order valence-electron chi connectivity index (χ4n) is 3.87. The molecule has 0 aliphatic heterocycles. The molecule has 0 fully saturated rings. The Morgan fingerprint density at radius 2 is 1.73 bits per heavy atom. The smallest absolute Gasteiger partial charge is 0.242 e. The molecule has 0 unspecified atom stereocenters. The molecule has 37 heavy (non-hydrogen) atoms. The Morgan fingerprint density at radius 3 is 2.32 bits per heavy atom. The number of hydrogen-bond acceptors (Lipinski definition) is 4. The number of hydrogen-bond donors (Lipinski definition) is 1. The largest absolute Gasteiger partial charge is 0.352 e. The van der Waals surface area contributed by atoms with E-state index in [9.17, 15) is 18.0 Å². The molecule has 0 aromatic heterocycles. The molecule has 0 radical (unpaired) electrons. The van der Waals surface area contributed by atoms with Crippen molar-refractivity contribution in [3.8, 4) is 0 Å². The van der Waals surface area contributed by atoms with E-state index < -0.39 is 16.1 Å². The van der Waals surface area contributed by atoms with Gasteiger partial charge in [0.1, 0.15) is 6.04 Å². The zero-order valence-electron chi connectivity index (χ0n) is 22.3. The van der Waals surface area contributed by atoms with Crippen molar-refractivity contribution in [2.75, 3.05) is 17.1 Å². The maximum absolute atomic E-state index is 13.4. The van der Waals surface area contributed by atoms with Crippen molar-refractivity contribution in [1.82, 2.24) is 10.2 Å². The van der Waals surface area contributed by atoms with E-state index >= 15 is 0 Å². The Balaban J connectivity index is 2.24. The van der Waals surface area contributed by atoms with Gasteiger partial charge in [0.25, 0.3) is 0 Å². The van der Waals surface area contributed by atoms with Gasteiger partial charge < -0.3 is 10.2 Å². The van der Waals surface area contributed by atoms with E-state index in [2.05, 4.69) is 5.32 Å². The van der Waals surface area contributed by atoms with Crippen LogP contribution < -0.4 is 9.62 Å². The summed E-state index contributed by atoms with van der Waals surface area (Å²) < 4.78 is 26.5. The maximum atomic E-state index is 13.4. The Bertz CT molecular complexity index is 1220. The van der Waals surface area contributed by atoms with Crippen molar-refractivity contribution in [3.05, 3.63) is 63.1 Å². The quantitative estimate of drug-likeness (QED) is 0.366. The lowest BCUT2D eigenvalue weighted by molar-refractivity contribution is -0.140. The zero-order chi connectivity index (χ0) is 27.9. The van der Waals surface area contributed by atoms with Crippen LogP contribution in [-0.4, -0.2) is 50.0 Å². The van der Waals surface area contributed by atoms with E-state index in [1.165, 1.54) is 9.21 Å². The molecule has 7 nitrogen and oxygen atoms in total. The molecule has 2 atom stereocenters. The first-order valence-electron chi connectivity index (χ1n) is 12.3. The Kier molecular flexibility index (Phi) is 11.3. The number of anilines is 1. The molecule has 2 aromatic rings. The van der Waals surface area contributed by atoms with Gasteiger partial charge in [0.05, 0.1) is 22.0 Å². The minimum absolute atomic E-state index is 0.0298. The van der Waals surface area contributed by atoms with Gasteiger partial charge >= 0.3 is 0 Å². The molecule has 0 spiro atoms. The van der Waals surface area contributed by atoms with Gasteiger partial charge in [0, 0.05) is 25.6 Å². The predicted molar refractivity (Wildman–Crippen MR) is 152 cm³/mol. The number of nitrogens with one attached hydrogen (secondary N) is 1. The fourth-order valence-corrected chi connectivity index (χ4v) is 5.21. The second-order valence-electron chi connectivity index (χ2n) is 9.42. The van der Waals surface area contributed by atoms with Crippen LogP contribution in [0.25, 0.3) is 0 Å². The van der Waals surface area contributed by atoms with Crippen LogP contribution in [0.4, 0.5) is 5.69 Å². The van der Waals surface area contributed by atoms with Crippen molar-refractivity contribution in [2.24, 2.45) is 0 Å². The summed E-state index contributed by atoms with van der Waals surface area (Å²) in [7, 11) is -3.56. The van der Waals surface area contributed by atoms with Gasteiger partial charge in [-0.1, -0.05) is 48.3 Å². The van der Waals surface area contributed by atoms with Gasteiger partial charge in [-0.15, -0.1) is 0 Å². The van der Waals surface area contributed by atoms with Gasteiger partial charge in [0.15, 0.2) is 0 Å². The third-order valence-corrected chi connectivity index (χ3v) is 8.42. The maximum Gasteiger partial charge on any atom is 0.242 e. The van der Waals surface area contributed by atoms with Crippen LogP contribution in [0, 0.1) is 13.8 Å². The lowest BCUT2D eigenvalue weighted by Gasteiger charge is -2.30. The number of carbonyl (C=O) groups is 2. The highest BCUT2D eigenvalue weighted by Crippen LogP contribution is 2.26. The number of carbonyl (C=O) groups excluding carboxylic acids is 2.